The summed E-state index contributed by atoms with van der Waals surface area (Å²) in [5.74, 6) is 1.09. The van der Waals surface area contributed by atoms with Crippen molar-refractivity contribution in [3.05, 3.63) is 58.3 Å². The van der Waals surface area contributed by atoms with E-state index >= 15 is 0 Å². The Balaban J connectivity index is 1.79. The summed E-state index contributed by atoms with van der Waals surface area (Å²) < 4.78 is 1.77. The van der Waals surface area contributed by atoms with Crippen LogP contribution in [0.2, 0.25) is 0 Å². The topological polar surface area (TPSA) is 88.0 Å². The monoisotopic (exact) mass is 324 g/mol. The Morgan fingerprint density at radius 1 is 1.30 bits per heavy atom. The zero-order chi connectivity index (χ0) is 15.8. The third-order valence-corrected chi connectivity index (χ3v) is 4.15. The smallest absolute Gasteiger partial charge is 0.240 e. The van der Waals surface area contributed by atoms with Gasteiger partial charge in [-0.1, -0.05) is 6.07 Å². The largest absolute Gasteiger partial charge is 0.308 e. The number of hydrogen-bond acceptors (Lipinski definition) is 6. The van der Waals surface area contributed by atoms with Gasteiger partial charge in [-0.2, -0.15) is 10.1 Å². The number of hydrogen-bond donors (Lipinski definition) is 2. The van der Waals surface area contributed by atoms with Gasteiger partial charge in [-0.25, -0.2) is 4.98 Å². The Morgan fingerprint density at radius 2 is 2.22 bits per heavy atom. The van der Waals surface area contributed by atoms with Gasteiger partial charge < -0.3 is 5.32 Å². The molecule has 0 amide bonds. The molecule has 23 heavy (non-hydrogen) atoms. The van der Waals surface area contributed by atoms with E-state index in [9.17, 15) is 4.79 Å². The van der Waals surface area contributed by atoms with Crippen LogP contribution < -0.4 is 5.32 Å². The average molecular weight is 324 g/mol. The SMILES string of the molecule is Cc1cc(Nc2nc(C(=O)c3cccs3)nc3cccn23)n[nH]1. The lowest BCUT2D eigenvalue weighted by atomic mass is 10.3. The van der Waals surface area contributed by atoms with E-state index in [0.717, 1.165) is 5.69 Å². The second kappa shape index (κ2) is 5.33. The third kappa shape index (κ3) is 2.49. The highest BCUT2D eigenvalue weighted by Gasteiger charge is 2.17. The number of rotatable bonds is 4. The lowest BCUT2D eigenvalue weighted by Gasteiger charge is -2.07. The summed E-state index contributed by atoms with van der Waals surface area (Å²) in [7, 11) is 0. The Kier molecular flexibility index (Phi) is 3.16. The maximum Gasteiger partial charge on any atom is 0.240 e. The van der Waals surface area contributed by atoms with E-state index in [1.807, 2.05) is 42.8 Å². The maximum absolute atomic E-state index is 12.5. The summed E-state index contributed by atoms with van der Waals surface area (Å²) in [6.45, 7) is 1.91. The molecule has 7 nitrogen and oxygen atoms in total. The fourth-order valence-electron chi connectivity index (χ4n) is 2.23. The van der Waals surface area contributed by atoms with E-state index in [4.69, 9.17) is 0 Å². The molecule has 0 bridgehead atoms. The second-order valence-electron chi connectivity index (χ2n) is 4.97. The molecule has 4 aromatic heterocycles. The van der Waals surface area contributed by atoms with Crippen LogP contribution in [0.25, 0.3) is 5.65 Å². The van der Waals surface area contributed by atoms with Crippen LogP contribution in [0.4, 0.5) is 11.8 Å². The van der Waals surface area contributed by atoms with E-state index in [1.165, 1.54) is 11.3 Å². The molecule has 0 radical (unpaired) electrons. The Morgan fingerprint density at radius 3 is 2.96 bits per heavy atom. The van der Waals surface area contributed by atoms with Gasteiger partial charge in [-0.05, 0) is 30.5 Å². The van der Waals surface area contributed by atoms with Crippen molar-refractivity contribution in [3.8, 4) is 0 Å². The lowest BCUT2D eigenvalue weighted by molar-refractivity contribution is 0.103. The van der Waals surface area contributed by atoms with Crippen molar-refractivity contribution in [2.75, 3.05) is 5.32 Å². The quantitative estimate of drug-likeness (QED) is 0.564. The molecular formula is C15H12N6OS. The Labute approximate surface area is 135 Å². The van der Waals surface area contributed by atoms with Crippen LogP contribution in [-0.2, 0) is 0 Å². The molecule has 0 atom stereocenters. The van der Waals surface area contributed by atoms with Gasteiger partial charge in [-0.15, -0.1) is 11.3 Å². The van der Waals surface area contributed by atoms with Gasteiger partial charge in [0.2, 0.25) is 17.6 Å². The highest BCUT2D eigenvalue weighted by Crippen LogP contribution is 2.18. The third-order valence-electron chi connectivity index (χ3n) is 3.28. The number of H-pyrrole nitrogens is 1. The minimum atomic E-state index is -0.190. The van der Waals surface area contributed by atoms with E-state index in [0.29, 0.717) is 22.3 Å². The first-order valence-corrected chi connectivity index (χ1v) is 7.81. The number of thiophene rings is 1. The predicted molar refractivity (Wildman–Crippen MR) is 87.3 cm³/mol. The van der Waals surface area contributed by atoms with Crippen molar-refractivity contribution in [1.82, 2.24) is 24.6 Å². The number of aromatic amines is 1. The van der Waals surface area contributed by atoms with Gasteiger partial charge in [0.05, 0.1) is 4.88 Å². The van der Waals surface area contributed by atoms with Crippen LogP contribution >= 0.6 is 11.3 Å². The zero-order valence-corrected chi connectivity index (χ0v) is 13.0. The number of nitrogens with zero attached hydrogens (tertiary/aromatic N) is 4. The Bertz CT molecular complexity index is 985. The molecule has 0 saturated heterocycles. The fourth-order valence-corrected chi connectivity index (χ4v) is 2.89. The molecule has 0 fully saturated rings. The summed E-state index contributed by atoms with van der Waals surface area (Å²) in [6, 6.07) is 9.14. The molecule has 114 valence electrons. The van der Waals surface area contributed by atoms with Crippen molar-refractivity contribution in [2.45, 2.75) is 6.92 Å². The van der Waals surface area contributed by atoms with Gasteiger partial charge in [0.15, 0.2) is 5.82 Å². The second-order valence-corrected chi connectivity index (χ2v) is 5.92. The summed E-state index contributed by atoms with van der Waals surface area (Å²) >= 11 is 1.37. The summed E-state index contributed by atoms with van der Waals surface area (Å²) in [5, 5.41) is 12.0. The van der Waals surface area contributed by atoms with Gasteiger partial charge in [-0.3, -0.25) is 14.3 Å². The van der Waals surface area contributed by atoms with E-state index in [2.05, 4.69) is 25.5 Å². The molecule has 4 aromatic rings. The number of anilines is 2. The van der Waals surface area contributed by atoms with Crippen molar-refractivity contribution in [2.24, 2.45) is 0 Å². The first-order chi connectivity index (χ1) is 11.2. The number of carbonyl (C=O) groups excluding carboxylic acids is 1. The molecule has 4 heterocycles. The predicted octanol–water partition coefficient (Wildman–Crippen LogP) is 2.80. The molecule has 0 aliphatic carbocycles. The van der Waals surface area contributed by atoms with E-state index in [1.54, 1.807) is 10.5 Å². The van der Waals surface area contributed by atoms with Crippen molar-refractivity contribution in [1.29, 1.82) is 0 Å². The normalized spacial score (nSPS) is 11.0. The van der Waals surface area contributed by atoms with Crippen molar-refractivity contribution >= 4 is 34.5 Å². The molecule has 0 unspecified atom stereocenters. The van der Waals surface area contributed by atoms with Crippen molar-refractivity contribution in [3.63, 3.8) is 0 Å². The number of nitrogens with one attached hydrogen (secondary N) is 2. The maximum atomic E-state index is 12.5. The molecule has 0 aromatic carbocycles. The molecule has 0 spiro atoms. The van der Waals surface area contributed by atoms with Crippen LogP contribution in [-0.4, -0.2) is 30.3 Å². The van der Waals surface area contributed by atoms with E-state index in [-0.39, 0.29) is 11.6 Å². The highest BCUT2D eigenvalue weighted by molar-refractivity contribution is 7.12. The molecule has 8 heteroatoms. The molecule has 0 aliphatic rings. The molecule has 2 N–H and O–H groups in total. The molecular weight excluding hydrogens is 312 g/mol. The minimum absolute atomic E-state index is 0.161. The summed E-state index contributed by atoms with van der Waals surface area (Å²) in [4.78, 5) is 21.8. The molecule has 4 rings (SSSR count). The lowest BCUT2D eigenvalue weighted by Crippen LogP contribution is -2.11. The van der Waals surface area contributed by atoms with E-state index < -0.39 is 0 Å². The number of ketones is 1. The standard InChI is InChI=1S/C15H12N6OS/c1-9-8-11(20-19-9)16-15-18-14(13(22)10-4-3-7-23-10)17-12-5-2-6-21(12)15/h2-8H,1H3,(H2,16,17,18,19,20). The molecule has 0 aliphatic heterocycles. The van der Waals surface area contributed by atoms with Crippen LogP contribution in [0, 0.1) is 6.92 Å². The van der Waals surface area contributed by atoms with Crippen molar-refractivity contribution < 1.29 is 4.79 Å². The van der Waals surface area contributed by atoms with Gasteiger partial charge in [0.1, 0.15) is 5.65 Å². The molecule has 0 saturated carbocycles. The first kappa shape index (κ1) is 13.6. The van der Waals surface area contributed by atoms with Crippen LogP contribution in [0.5, 0.6) is 0 Å². The summed E-state index contributed by atoms with van der Waals surface area (Å²) in [5.41, 5.74) is 1.58. The first-order valence-electron chi connectivity index (χ1n) is 6.93. The highest BCUT2D eigenvalue weighted by atomic mass is 32.1. The van der Waals surface area contributed by atoms with Gasteiger partial charge in [0.25, 0.3) is 0 Å². The average Bonchev–Trinajstić information content (AvgIpc) is 3.27. The van der Waals surface area contributed by atoms with Crippen LogP contribution in [0.15, 0.2) is 41.9 Å². The Hall–Kier alpha value is -3.00. The van der Waals surface area contributed by atoms with Crippen LogP contribution in [0.1, 0.15) is 21.2 Å². The number of aryl methyl sites for hydroxylation is 1. The number of aromatic nitrogens is 5. The fraction of sp³-hybridized carbons (Fsp3) is 0.0667. The number of carbonyl (C=O) groups is 1. The summed E-state index contributed by atoms with van der Waals surface area (Å²) in [6.07, 6.45) is 1.83. The zero-order valence-electron chi connectivity index (χ0n) is 12.1. The number of fused-ring (bicyclic) bond motifs is 1. The van der Waals surface area contributed by atoms with Crippen LogP contribution in [0.3, 0.4) is 0 Å². The minimum Gasteiger partial charge on any atom is -0.308 e. The van der Waals surface area contributed by atoms with Gasteiger partial charge >= 0.3 is 0 Å². The van der Waals surface area contributed by atoms with Gasteiger partial charge in [0, 0.05) is 18.0 Å².